The summed E-state index contributed by atoms with van der Waals surface area (Å²) in [6, 6.07) is 1.78. The number of hydrogen-bond acceptors (Lipinski definition) is 3. The number of nitrogens with zero attached hydrogens (tertiary/aromatic N) is 4. The van der Waals surface area contributed by atoms with Crippen molar-refractivity contribution < 1.29 is 0 Å². The van der Waals surface area contributed by atoms with Gasteiger partial charge in [0.05, 0.1) is 0 Å². The first-order valence-electron chi connectivity index (χ1n) is 6.14. The maximum atomic E-state index is 5.93. The van der Waals surface area contributed by atoms with Crippen molar-refractivity contribution >= 4 is 17.2 Å². The van der Waals surface area contributed by atoms with Gasteiger partial charge in [-0.1, -0.05) is 18.0 Å². The first kappa shape index (κ1) is 9.83. The summed E-state index contributed by atoms with van der Waals surface area (Å²) in [6.45, 7) is 1.96. The first-order valence-corrected chi connectivity index (χ1v) is 6.51. The smallest absolute Gasteiger partial charge is 0.165 e. The zero-order valence-electron chi connectivity index (χ0n) is 9.60. The van der Waals surface area contributed by atoms with Crippen LogP contribution in [-0.2, 0) is 0 Å². The monoisotopic (exact) mass is 248 g/mol. The van der Waals surface area contributed by atoms with Crippen LogP contribution in [0.1, 0.15) is 36.8 Å². The van der Waals surface area contributed by atoms with Crippen molar-refractivity contribution in [2.45, 2.75) is 32.1 Å². The second kappa shape index (κ2) is 3.19. The summed E-state index contributed by atoms with van der Waals surface area (Å²) >= 11 is 5.93. The standard InChI is InChI=1S/C12H13ClN4/c1-6-14-9(13)5-10-15-16-12(17(6)10)11-7-3-2-4-8(7)11/h5,7-8,11H,2-4H2,1H3. The van der Waals surface area contributed by atoms with Crippen LogP contribution >= 0.6 is 11.6 Å². The molecule has 0 radical (unpaired) electrons. The highest BCUT2D eigenvalue weighted by atomic mass is 35.5. The molecule has 2 unspecified atom stereocenters. The van der Waals surface area contributed by atoms with E-state index in [9.17, 15) is 0 Å². The third-order valence-electron chi connectivity index (χ3n) is 4.26. The Bertz CT molecular complexity index is 596. The van der Waals surface area contributed by atoms with E-state index in [1.807, 2.05) is 6.92 Å². The fraction of sp³-hybridized carbons (Fsp3) is 0.583. The van der Waals surface area contributed by atoms with Crippen molar-refractivity contribution in [3.63, 3.8) is 0 Å². The minimum Gasteiger partial charge on any atom is -0.266 e. The van der Waals surface area contributed by atoms with Crippen LogP contribution in [0.15, 0.2) is 6.07 Å². The van der Waals surface area contributed by atoms with Gasteiger partial charge in [0, 0.05) is 12.0 Å². The fourth-order valence-electron chi connectivity index (χ4n) is 3.50. The average Bonchev–Trinajstić information content (AvgIpc) is 2.68. The highest BCUT2D eigenvalue weighted by Crippen LogP contribution is 2.62. The van der Waals surface area contributed by atoms with Gasteiger partial charge in [0.25, 0.3) is 0 Å². The van der Waals surface area contributed by atoms with Crippen LogP contribution in [0.4, 0.5) is 0 Å². The lowest BCUT2D eigenvalue weighted by molar-refractivity contribution is 0.649. The summed E-state index contributed by atoms with van der Waals surface area (Å²) in [6.07, 6.45) is 4.08. The molecule has 0 saturated heterocycles. The van der Waals surface area contributed by atoms with E-state index >= 15 is 0 Å². The molecule has 2 fully saturated rings. The maximum Gasteiger partial charge on any atom is 0.165 e. The van der Waals surface area contributed by atoms with E-state index in [0.29, 0.717) is 11.1 Å². The third-order valence-corrected chi connectivity index (χ3v) is 4.45. The molecule has 4 rings (SSSR count). The normalized spacial score (nSPS) is 30.8. The fourth-order valence-corrected chi connectivity index (χ4v) is 3.72. The Hall–Kier alpha value is -1.16. The minimum absolute atomic E-state index is 0.491. The topological polar surface area (TPSA) is 43.1 Å². The molecule has 2 saturated carbocycles. The summed E-state index contributed by atoms with van der Waals surface area (Å²) in [7, 11) is 0. The Kier molecular flexibility index (Phi) is 1.85. The van der Waals surface area contributed by atoms with Gasteiger partial charge in [-0.3, -0.25) is 4.40 Å². The van der Waals surface area contributed by atoms with Crippen LogP contribution in [0.5, 0.6) is 0 Å². The van der Waals surface area contributed by atoms with E-state index in [1.165, 1.54) is 19.3 Å². The van der Waals surface area contributed by atoms with Crippen LogP contribution in [0.3, 0.4) is 0 Å². The molecule has 2 aromatic heterocycles. The van der Waals surface area contributed by atoms with Gasteiger partial charge < -0.3 is 0 Å². The van der Waals surface area contributed by atoms with E-state index in [-0.39, 0.29) is 0 Å². The molecule has 0 amide bonds. The first-order chi connectivity index (χ1) is 8.25. The van der Waals surface area contributed by atoms with E-state index in [2.05, 4.69) is 19.6 Å². The largest absolute Gasteiger partial charge is 0.266 e. The van der Waals surface area contributed by atoms with Crippen LogP contribution < -0.4 is 0 Å². The van der Waals surface area contributed by atoms with Gasteiger partial charge in [0.1, 0.15) is 16.8 Å². The Morgan fingerprint density at radius 2 is 2.06 bits per heavy atom. The van der Waals surface area contributed by atoms with Gasteiger partial charge in [0.2, 0.25) is 0 Å². The molecular weight excluding hydrogens is 236 g/mol. The predicted molar refractivity (Wildman–Crippen MR) is 64.1 cm³/mol. The molecule has 17 heavy (non-hydrogen) atoms. The number of halogens is 1. The summed E-state index contributed by atoms with van der Waals surface area (Å²) in [5, 5.41) is 9.06. The quantitative estimate of drug-likeness (QED) is 0.729. The lowest BCUT2D eigenvalue weighted by Gasteiger charge is -2.04. The molecule has 5 heteroatoms. The van der Waals surface area contributed by atoms with Crippen LogP contribution in [-0.4, -0.2) is 19.6 Å². The zero-order chi connectivity index (χ0) is 11.6. The number of aryl methyl sites for hydroxylation is 1. The van der Waals surface area contributed by atoms with Crippen LogP contribution in [0.2, 0.25) is 5.15 Å². The highest BCUT2D eigenvalue weighted by Gasteiger charge is 2.55. The molecule has 0 aromatic carbocycles. The van der Waals surface area contributed by atoms with Gasteiger partial charge in [-0.2, -0.15) is 0 Å². The molecule has 2 aliphatic carbocycles. The predicted octanol–water partition coefficient (Wildman–Crippen LogP) is 2.60. The van der Waals surface area contributed by atoms with E-state index < -0.39 is 0 Å². The molecule has 0 aliphatic heterocycles. The number of rotatable bonds is 1. The second-order valence-corrected chi connectivity index (χ2v) is 5.55. The van der Waals surface area contributed by atoms with E-state index in [0.717, 1.165) is 29.1 Å². The van der Waals surface area contributed by atoms with E-state index in [1.54, 1.807) is 6.07 Å². The number of aromatic nitrogens is 4. The molecule has 4 nitrogen and oxygen atoms in total. The zero-order valence-corrected chi connectivity index (χ0v) is 10.4. The van der Waals surface area contributed by atoms with Gasteiger partial charge in [-0.15, -0.1) is 10.2 Å². The summed E-state index contributed by atoms with van der Waals surface area (Å²) in [5.41, 5.74) is 0.822. The van der Waals surface area contributed by atoms with Crippen molar-refractivity contribution in [1.29, 1.82) is 0 Å². The van der Waals surface area contributed by atoms with Crippen molar-refractivity contribution in [3.8, 4) is 0 Å². The van der Waals surface area contributed by atoms with Crippen LogP contribution in [0, 0.1) is 18.8 Å². The van der Waals surface area contributed by atoms with Gasteiger partial charge in [-0.25, -0.2) is 4.98 Å². The van der Waals surface area contributed by atoms with E-state index in [4.69, 9.17) is 11.6 Å². The molecule has 2 heterocycles. The highest BCUT2D eigenvalue weighted by molar-refractivity contribution is 6.29. The van der Waals surface area contributed by atoms with Crippen molar-refractivity contribution in [3.05, 3.63) is 22.9 Å². The molecule has 0 bridgehead atoms. The molecular formula is C12H13ClN4. The Balaban J connectivity index is 1.86. The van der Waals surface area contributed by atoms with Crippen molar-refractivity contribution in [1.82, 2.24) is 19.6 Å². The summed E-state index contributed by atoms with van der Waals surface area (Å²) in [4.78, 5) is 4.29. The summed E-state index contributed by atoms with van der Waals surface area (Å²) < 4.78 is 2.06. The van der Waals surface area contributed by atoms with Crippen LogP contribution in [0.25, 0.3) is 5.65 Å². The minimum atomic E-state index is 0.491. The summed E-state index contributed by atoms with van der Waals surface area (Å²) in [5.74, 6) is 4.28. The number of hydrogen-bond donors (Lipinski definition) is 0. The van der Waals surface area contributed by atoms with Crippen molar-refractivity contribution in [2.75, 3.05) is 0 Å². The maximum absolute atomic E-state index is 5.93. The lowest BCUT2D eigenvalue weighted by Crippen LogP contribution is -2.02. The molecule has 2 aliphatic rings. The van der Waals surface area contributed by atoms with Crippen molar-refractivity contribution in [2.24, 2.45) is 11.8 Å². The molecule has 2 aromatic rings. The van der Waals surface area contributed by atoms with Gasteiger partial charge >= 0.3 is 0 Å². The lowest BCUT2D eigenvalue weighted by atomic mass is 10.1. The molecule has 2 atom stereocenters. The molecule has 0 N–H and O–H groups in total. The second-order valence-electron chi connectivity index (χ2n) is 5.16. The molecule has 88 valence electrons. The Labute approximate surface area is 104 Å². The third kappa shape index (κ3) is 1.27. The Morgan fingerprint density at radius 1 is 1.29 bits per heavy atom. The average molecular weight is 249 g/mol. The van der Waals surface area contributed by atoms with Gasteiger partial charge in [-0.05, 0) is 31.6 Å². The molecule has 0 spiro atoms. The van der Waals surface area contributed by atoms with Gasteiger partial charge in [0.15, 0.2) is 5.65 Å². The Morgan fingerprint density at radius 3 is 2.82 bits per heavy atom. The number of fused-ring (bicyclic) bond motifs is 2. The SMILES string of the molecule is Cc1nc(Cl)cc2nnc(C3C4CCCC43)n12.